The average Bonchev–Trinajstić information content (AvgIpc) is 2.75. The Bertz CT molecular complexity index is 1290. The Hall–Kier alpha value is -3.44. The zero-order valence-electron chi connectivity index (χ0n) is 16.6. The summed E-state index contributed by atoms with van der Waals surface area (Å²) in [4.78, 5) is 21.9. The molecule has 0 fully saturated rings. The molecule has 2 heterocycles. The largest absolute Gasteiger partial charge is 0.438 e. The van der Waals surface area contributed by atoms with Crippen molar-refractivity contribution < 1.29 is 9.21 Å². The number of halogens is 1. The number of fused-ring (bicyclic) bond motifs is 1. The molecule has 0 spiro atoms. The Morgan fingerprint density at radius 2 is 2.00 bits per heavy atom. The zero-order valence-corrected chi connectivity index (χ0v) is 17.4. The second-order valence-electron chi connectivity index (χ2n) is 6.96. The van der Waals surface area contributed by atoms with E-state index in [2.05, 4.69) is 22.2 Å². The summed E-state index contributed by atoms with van der Waals surface area (Å²) < 4.78 is 6.00. The first-order chi connectivity index (χ1) is 14.5. The molecule has 150 valence electrons. The van der Waals surface area contributed by atoms with Gasteiger partial charge in [0.2, 0.25) is 5.55 Å². The van der Waals surface area contributed by atoms with Gasteiger partial charge in [0.05, 0.1) is 5.69 Å². The monoisotopic (exact) mass is 417 g/mol. The fraction of sp³-hybridized carbons (Fsp3) is 0.125. The number of pyridine rings is 1. The molecule has 0 atom stereocenters. The number of hydrogen-bond donors (Lipinski definition) is 1. The van der Waals surface area contributed by atoms with E-state index in [1.165, 1.54) is 0 Å². The molecule has 0 aliphatic heterocycles. The van der Waals surface area contributed by atoms with Crippen molar-refractivity contribution in [3.63, 3.8) is 0 Å². The number of nitrogens with zero attached hydrogens (tertiary/aromatic N) is 2. The lowest BCUT2D eigenvalue weighted by molar-refractivity contribution is 0.102. The Kier molecular flexibility index (Phi) is 5.63. The second kappa shape index (κ2) is 8.51. The number of amides is 1. The van der Waals surface area contributed by atoms with Crippen molar-refractivity contribution in [3.05, 3.63) is 94.1 Å². The number of benzene rings is 2. The fourth-order valence-electron chi connectivity index (χ4n) is 3.04. The highest BCUT2D eigenvalue weighted by Gasteiger charge is 2.14. The second-order valence-corrected chi connectivity index (χ2v) is 7.39. The van der Waals surface area contributed by atoms with Crippen LogP contribution in [0.5, 0.6) is 0 Å². The Morgan fingerprint density at radius 3 is 2.77 bits per heavy atom. The van der Waals surface area contributed by atoms with E-state index in [-0.39, 0.29) is 11.5 Å². The molecule has 0 saturated carbocycles. The maximum atomic E-state index is 13.1. The van der Waals surface area contributed by atoms with Crippen molar-refractivity contribution in [3.8, 4) is 0 Å². The fourth-order valence-corrected chi connectivity index (χ4v) is 3.22. The number of hydrogen-bond acceptors (Lipinski definition) is 4. The SMILES string of the molecule is CCc1cccc(N=c2oc3ccc(Cl)cc3cc2C(=O)Nc2ccc(C)cn2)c1. The summed E-state index contributed by atoms with van der Waals surface area (Å²) in [7, 11) is 0. The van der Waals surface area contributed by atoms with Gasteiger partial charge >= 0.3 is 0 Å². The topological polar surface area (TPSA) is 67.5 Å². The van der Waals surface area contributed by atoms with Crippen LogP contribution in [0.3, 0.4) is 0 Å². The van der Waals surface area contributed by atoms with Gasteiger partial charge in [-0.25, -0.2) is 9.98 Å². The van der Waals surface area contributed by atoms with Crippen molar-refractivity contribution in [2.24, 2.45) is 4.99 Å². The molecule has 0 radical (unpaired) electrons. The Labute approximate surface area is 179 Å². The summed E-state index contributed by atoms with van der Waals surface area (Å²) in [6.07, 6.45) is 2.59. The normalized spacial score (nSPS) is 11.6. The number of nitrogens with one attached hydrogen (secondary N) is 1. The van der Waals surface area contributed by atoms with E-state index in [1.54, 1.807) is 36.5 Å². The lowest BCUT2D eigenvalue weighted by atomic mass is 10.1. The predicted octanol–water partition coefficient (Wildman–Crippen LogP) is 5.84. The first-order valence-corrected chi connectivity index (χ1v) is 10.0. The van der Waals surface area contributed by atoms with Gasteiger partial charge in [-0.3, -0.25) is 4.79 Å². The first-order valence-electron chi connectivity index (χ1n) is 9.63. The van der Waals surface area contributed by atoms with Gasteiger partial charge in [0.15, 0.2) is 0 Å². The molecule has 5 nitrogen and oxygen atoms in total. The van der Waals surface area contributed by atoms with E-state index in [4.69, 9.17) is 16.0 Å². The number of carbonyl (C=O) groups excluding carboxylic acids is 1. The summed E-state index contributed by atoms with van der Waals surface area (Å²) in [6.45, 7) is 4.02. The highest BCUT2D eigenvalue weighted by molar-refractivity contribution is 6.31. The number of rotatable bonds is 4. The third kappa shape index (κ3) is 4.42. The van der Waals surface area contributed by atoms with Gasteiger partial charge in [-0.05, 0) is 66.9 Å². The van der Waals surface area contributed by atoms with Crippen LogP contribution in [0.25, 0.3) is 11.0 Å². The highest BCUT2D eigenvalue weighted by atomic mass is 35.5. The van der Waals surface area contributed by atoms with Crippen molar-refractivity contribution >= 4 is 40.0 Å². The van der Waals surface area contributed by atoms with Crippen molar-refractivity contribution in [1.29, 1.82) is 0 Å². The molecule has 6 heteroatoms. The molecule has 0 saturated heterocycles. The lowest BCUT2D eigenvalue weighted by Gasteiger charge is -2.07. The minimum absolute atomic E-state index is 0.225. The van der Waals surface area contributed by atoms with E-state index >= 15 is 0 Å². The van der Waals surface area contributed by atoms with Crippen LogP contribution in [-0.2, 0) is 6.42 Å². The lowest BCUT2D eigenvalue weighted by Crippen LogP contribution is -2.22. The van der Waals surface area contributed by atoms with E-state index in [1.807, 2.05) is 37.3 Å². The van der Waals surface area contributed by atoms with E-state index < -0.39 is 0 Å². The van der Waals surface area contributed by atoms with Crippen molar-refractivity contribution in [2.75, 3.05) is 5.32 Å². The van der Waals surface area contributed by atoms with Crippen molar-refractivity contribution in [1.82, 2.24) is 4.98 Å². The quantitative estimate of drug-likeness (QED) is 0.453. The standard InChI is InChI=1S/C24H20ClN3O2/c1-3-16-5-4-6-19(11-16)27-24-20(13-17-12-18(25)8-9-21(17)30-24)23(29)28-22-10-7-15(2)14-26-22/h4-14H,3H2,1-2H3,(H,26,28,29). The van der Waals surface area contributed by atoms with Gasteiger partial charge in [-0.15, -0.1) is 0 Å². The van der Waals surface area contributed by atoms with E-state index in [0.717, 1.165) is 17.5 Å². The molecule has 0 aliphatic rings. The van der Waals surface area contributed by atoms with Crippen LogP contribution in [-0.4, -0.2) is 10.9 Å². The Morgan fingerprint density at radius 1 is 1.13 bits per heavy atom. The molecule has 0 unspecified atom stereocenters. The third-order valence-corrected chi connectivity index (χ3v) is 4.89. The molecule has 2 aromatic heterocycles. The highest BCUT2D eigenvalue weighted by Crippen LogP contribution is 2.20. The van der Waals surface area contributed by atoms with E-state index in [9.17, 15) is 4.79 Å². The molecular weight excluding hydrogens is 398 g/mol. The smallest absolute Gasteiger partial charge is 0.262 e. The average molecular weight is 418 g/mol. The van der Waals surface area contributed by atoms with Crippen LogP contribution in [0.2, 0.25) is 5.02 Å². The maximum Gasteiger partial charge on any atom is 0.262 e. The van der Waals surface area contributed by atoms with Gasteiger partial charge in [-0.2, -0.15) is 0 Å². The molecule has 2 aromatic carbocycles. The van der Waals surface area contributed by atoms with Crippen molar-refractivity contribution in [2.45, 2.75) is 20.3 Å². The minimum atomic E-state index is -0.359. The van der Waals surface area contributed by atoms with Gasteiger partial charge in [0.25, 0.3) is 5.91 Å². The summed E-state index contributed by atoms with van der Waals surface area (Å²) in [5.41, 5.74) is 3.99. The minimum Gasteiger partial charge on any atom is -0.438 e. The summed E-state index contributed by atoms with van der Waals surface area (Å²) in [6, 6.07) is 18.5. The number of aromatic nitrogens is 1. The molecule has 4 rings (SSSR count). The number of carbonyl (C=O) groups is 1. The summed E-state index contributed by atoms with van der Waals surface area (Å²) in [5, 5.41) is 4.08. The Balaban J connectivity index is 1.84. The van der Waals surface area contributed by atoms with E-state index in [0.29, 0.717) is 33.1 Å². The third-order valence-electron chi connectivity index (χ3n) is 4.66. The molecule has 1 amide bonds. The van der Waals surface area contributed by atoms with Gasteiger partial charge in [0, 0.05) is 16.6 Å². The van der Waals surface area contributed by atoms with Crippen LogP contribution in [0.1, 0.15) is 28.4 Å². The van der Waals surface area contributed by atoms with Gasteiger partial charge < -0.3 is 9.73 Å². The molecule has 4 aromatic rings. The summed E-state index contributed by atoms with van der Waals surface area (Å²) >= 11 is 6.12. The van der Waals surface area contributed by atoms with Crippen LogP contribution in [0.4, 0.5) is 11.5 Å². The van der Waals surface area contributed by atoms with Crippen LogP contribution in [0.15, 0.2) is 76.3 Å². The zero-order chi connectivity index (χ0) is 21.1. The van der Waals surface area contributed by atoms with Gasteiger partial charge in [0.1, 0.15) is 17.0 Å². The van der Waals surface area contributed by atoms with Crippen LogP contribution in [0, 0.1) is 6.92 Å². The molecule has 30 heavy (non-hydrogen) atoms. The molecular formula is C24H20ClN3O2. The number of aryl methyl sites for hydroxylation is 2. The predicted molar refractivity (Wildman–Crippen MR) is 119 cm³/mol. The molecule has 1 N–H and O–H groups in total. The summed E-state index contributed by atoms with van der Waals surface area (Å²) in [5.74, 6) is 0.0955. The first kappa shape index (κ1) is 19.9. The molecule has 0 aliphatic carbocycles. The number of anilines is 1. The molecule has 0 bridgehead atoms. The van der Waals surface area contributed by atoms with Gasteiger partial charge in [-0.1, -0.05) is 36.7 Å². The maximum absolute atomic E-state index is 13.1. The van der Waals surface area contributed by atoms with Crippen LogP contribution >= 0.6 is 11.6 Å². The van der Waals surface area contributed by atoms with Crippen LogP contribution < -0.4 is 10.9 Å².